The molecule has 166 valence electrons. The number of amides is 1. The van der Waals surface area contributed by atoms with Crippen molar-refractivity contribution >= 4 is 50.0 Å². The Morgan fingerprint density at radius 1 is 1.24 bits per heavy atom. The number of benzene rings is 2. The van der Waals surface area contributed by atoms with Crippen molar-refractivity contribution in [3.63, 3.8) is 0 Å². The van der Waals surface area contributed by atoms with Crippen molar-refractivity contribution in [2.45, 2.75) is 13.0 Å². The highest BCUT2D eigenvalue weighted by Gasteiger charge is 2.46. The van der Waals surface area contributed by atoms with Gasteiger partial charge in [0.1, 0.15) is 5.75 Å². The predicted molar refractivity (Wildman–Crippen MR) is 125 cm³/mol. The molecule has 1 aliphatic rings. The molecule has 3 heterocycles. The number of aliphatic hydroxyl groups excluding tert-OH is 1. The molecule has 1 aliphatic heterocycles. The van der Waals surface area contributed by atoms with Crippen LogP contribution in [0.15, 0.2) is 76.6 Å². The lowest BCUT2D eigenvalue weighted by atomic mass is 9.95. The number of ether oxygens (including phenoxy) is 1. The van der Waals surface area contributed by atoms with E-state index in [1.807, 2.05) is 6.92 Å². The van der Waals surface area contributed by atoms with Crippen LogP contribution >= 0.6 is 22.9 Å². The lowest BCUT2D eigenvalue weighted by molar-refractivity contribution is -0.117. The third-order valence-electron chi connectivity index (χ3n) is 5.23. The van der Waals surface area contributed by atoms with Crippen LogP contribution in [0.2, 0.25) is 5.02 Å². The highest BCUT2D eigenvalue weighted by Crippen LogP contribution is 2.45. The van der Waals surface area contributed by atoms with E-state index in [4.69, 9.17) is 20.8 Å². The molecule has 2 aromatic carbocycles. The minimum absolute atomic E-state index is 0.0215. The van der Waals surface area contributed by atoms with Crippen LogP contribution in [0.1, 0.15) is 29.1 Å². The standard InChI is InChI=1S/C24H17ClN2O5S/c1-2-31-15-6-3-5-13(11-15)20-19(21(28)17-7-4-10-32-17)22(29)23(30)27(20)24-26-16-9-8-14(25)12-18(16)33-24/h3-12,20,29H,2H2,1H3. The van der Waals surface area contributed by atoms with E-state index in [1.54, 1.807) is 48.5 Å². The summed E-state index contributed by atoms with van der Waals surface area (Å²) in [5.41, 5.74) is 1.16. The van der Waals surface area contributed by atoms with Gasteiger partial charge < -0.3 is 14.3 Å². The second-order valence-electron chi connectivity index (χ2n) is 7.26. The Morgan fingerprint density at radius 2 is 2.09 bits per heavy atom. The van der Waals surface area contributed by atoms with Gasteiger partial charge in [-0.05, 0) is 55.0 Å². The van der Waals surface area contributed by atoms with Gasteiger partial charge in [0.15, 0.2) is 16.7 Å². The van der Waals surface area contributed by atoms with Crippen molar-refractivity contribution in [2.75, 3.05) is 11.5 Å². The molecule has 1 atom stereocenters. The average molecular weight is 481 g/mol. The van der Waals surface area contributed by atoms with Crippen molar-refractivity contribution in [1.29, 1.82) is 0 Å². The van der Waals surface area contributed by atoms with E-state index >= 15 is 0 Å². The number of ketones is 1. The molecule has 0 fully saturated rings. The Bertz CT molecular complexity index is 1410. The number of fused-ring (bicyclic) bond motifs is 1. The molecule has 1 N–H and O–H groups in total. The number of hydrogen-bond acceptors (Lipinski definition) is 7. The van der Waals surface area contributed by atoms with Gasteiger partial charge in [-0.15, -0.1) is 0 Å². The van der Waals surface area contributed by atoms with Gasteiger partial charge in [-0.1, -0.05) is 35.1 Å². The Hall–Kier alpha value is -3.62. The maximum Gasteiger partial charge on any atom is 0.296 e. The Morgan fingerprint density at radius 3 is 2.85 bits per heavy atom. The molecule has 2 aromatic heterocycles. The van der Waals surface area contributed by atoms with Gasteiger partial charge >= 0.3 is 0 Å². The highest BCUT2D eigenvalue weighted by atomic mass is 35.5. The molecule has 7 nitrogen and oxygen atoms in total. The largest absolute Gasteiger partial charge is 0.503 e. The van der Waals surface area contributed by atoms with Crippen LogP contribution in [-0.4, -0.2) is 28.4 Å². The zero-order chi connectivity index (χ0) is 23.1. The lowest BCUT2D eigenvalue weighted by Gasteiger charge is -2.24. The van der Waals surface area contributed by atoms with Gasteiger partial charge in [-0.2, -0.15) is 0 Å². The van der Waals surface area contributed by atoms with E-state index in [0.717, 1.165) is 4.70 Å². The SMILES string of the molecule is CCOc1cccc(C2C(C(=O)c3ccco3)=C(O)C(=O)N2c2nc3ccc(Cl)cc3s2)c1. The number of nitrogens with zero attached hydrogens (tertiary/aromatic N) is 2. The van der Waals surface area contributed by atoms with Gasteiger partial charge in [-0.3, -0.25) is 14.5 Å². The van der Waals surface area contributed by atoms with E-state index in [9.17, 15) is 14.7 Å². The molecule has 0 aliphatic carbocycles. The molecule has 0 bridgehead atoms. The number of halogens is 1. The number of Topliss-reactive ketones (excluding diaryl/α,β-unsaturated/α-hetero) is 1. The first-order chi connectivity index (χ1) is 16.0. The fourth-order valence-corrected chi connectivity index (χ4v) is 5.09. The first kappa shape index (κ1) is 21.2. The van der Waals surface area contributed by atoms with Gasteiger partial charge in [0.05, 0.1) is 34.7 Å². The zero-order valence-electron chi connectivity index (χ0n) is 17.3. The minimum atomic E-state index is -0.924. The molecule has 33 heavy (non-hydrogen) atoms. The molecule has 5 rings (SSSR count). The molecule has 1 unspecified atom stereocenters. The fourth-order valence-electron chi connectivity index (χ4n) is 3.82. The quantitative estimate of drug-likeness (QED) is 0.354. The van der Waals surface area contributed by atoms with Gasteiger partial charge in [-0.25, -0.2) is 4.98 Å². The predicted octanol–water partition coefficient (Wildman–Crippen LogP) is 5.72. The number of aliphatic hydroxyl groups is 1. The monoisotopic (exact) mass is 480 g/mol. The smallest absolute Gasteiger partial charge is 0.296 e. The molecular formula is C24H17ClN2O5S. The molecular weight excluding hydrogens is 464 g/mol. The third kappa shape index (κ3) is 3.67. The first-order valence-corrected chi connectivity index (χ1v) is 11.3. The second-order valence-corrected chi connectivity index (χ2v) is 8.71. The van der Waals surface area contributed by atoms with Crippen LogP contribution in [0.25, 0.3) is 10.2 Å². The summed E-state index contributed by atoms with van der Waals surface area (Å²) in [6.45, 7) is 2.32. The number of anilines is 1. The van der Waals surface area contributed by atoms with Crippen molar-refractivity contribution < 1.29 is 23.8 Å². The Balaban J connectivity index is 1.68. The third-order valence-corrected chi connectivity index (χ3v) is 6.48. The van der Waals surface area contributed by atoms with E-state index in [-0.39, 0.29) is 11.3 Å². The first-order valence-electron chi connectivity index (χ1n) is 10.1. The van der Waals surface area contributed by atoms with Gasteiger partial charge in [0, 0.05) is 5.02 Å². The maximum atomic E-state index is 13.3. The van der Waals surface area contributed by atoms with Crippen LogP contribution < -0.4 is 9.64 Å². The number of aromatic nitrogens is 1. The second kappa shape index (κ2) is 8.38. The van der Waals surface area contributed by atoms with Gasteiger partial charge in [0.2, 0.25) is 5.78 Å². The lowest BCUT2D eigenvalue weighted by Crippen LogP contribution is -2.31. The van der Waals surface area contributed by atoms with Crippen molar-refractivity contribution in [3.8, 4) is 5.75 Å². The molecule has 9 heteroatoms. The number of thiazole rings is 1. The molecule has 0 radical (unpaired) electrons. The maximum absolute atomic E-state index is 13.3. The van der Waals surface area contributed by atoms with Crippen molar-refractivity contribution in [1.82, 2.24) is 4.98 Å². The number of carbonyl (C=O) groups is 2. The molecule has 0 saturated heterocycles. The Labute approximate surface area is 197 Å². The van der Waals surface area contributed by atoms with Crippen LogP contribution in [0.3, 0.4) is 0 Å². The highest BCUT2D eigenvalue weighted by molar-refractivity contribution is 7.22. The number of furan rings is 1. The minimum Gasteiger partial charge on any atom is -0.503 e. The van der Waals surface area contributed by atoms with Crippen LogP contribution in [0.4, 0.5) is 5.13 Å². The van der Waals surface area contributed by atoms with Crippen molar-refractivity contribution in [3.05, 3.63) is 88.5 Å². The summed E-state index contributed by atoms with van der Waals surface area (Å²) in [4.78, 5) is 32.5. The number of rotatable bonds is 6. The van der Waals surface area contributed by atoms with Crippen molar-refractivity contribution in [2.24, 2.45) is 0 Å². The summed E-state index contributed by atoms with van der Waals surface area (Å²) in [7, 11) is 0. The molecule has 0 saturated carbocycles. The summed E-state index contributed by atoms with van der Waals surface area (Å²) < 4.78 is 11.7. The summed E-state index contributed by atoms with van der Waals surface area (Å²) in [5, 5.41) is 11.7. The molecule has 0 spiro atoms. The normalized spacial score (nSPS) is 16.1. The molecule has 4 aromatic rings. The summed E-state index contributed by atoms with van der Waals surface area (Å²) >= 11 is 7.36. The molecule has 1 amide bonds. The van der Waals surface area contributed by atoms with Crippen LogP contribution in [0, 0.1) is 0 Å². The number of carbonyl (C=O) groups excluding carboxylic acids is 2. The average Bonchev–Trinajstić information content (AvgIpc) is 3.53. The van der Waals surface area contributed by atoms with E-state index in [1.165, 1.54) is 28.6 Å². The van der Waals surface area contributed by atoms with E-state index in [0.29, 0.717) is 33.6 Å². The summed E-state index contributed by atoms with van der Waals surface area (Å²) in [6.07, 6.45) is 1.36. The fraction of sp³-hybridized carbons (Fsp3) is 0.125. The summed E-state index contributed by atoms with van der Waals surface area (Å²) in [6, 6.07) is 14.4. The van der Waals surface area contributed by atoms with Crippen LogP contribution in [-0.2, 0) is 4.79 Å². The Kier molecular flexibility index (Phi) is 5.39. The summed E-state index contributed by atoms with van der Waals surface area (Å²) in [5.74, 6) is -1.34. The van der Waals surface area contributed by atoms with Crippen LogP contribution in [0.5, 0.6) is 5.75 Å². The van der Waals surface area contributed by atoms with E-state index < -0.39 is 23.5 Å². The van der Waals surface area contributed by atoms with Gasteiger partial charge in [0.25, 0.3) is 5.91 Å². The topological polar surface area (TPSA) is 92.9 Å². The van der Waals surface area contributed by atoms with E-state index in [2.05, 4.69) is 4.98 Å². The number of hydrogen-bond donors (Lipinski definition) is 1. The zero-order valence-corrected chi connectivity index (χ0v) is 18.9.